The lowest BCUT2D eigenvalue weighted by molar-refractivity contribution is 0.176. The summed E-state index contributed by atoms with van der Waals surface area (Å²) < 4.78 is 2.33. The molecule has 1 fully saturated rings. The molecule has 3 heterocycles. The number of aliphatic imine (C=N–C) groups is 1. The average Bonchev–Trinajstić information content (AvgIpc) is 3.40. The molecule has 0 atom stereocenters. The molecule has 0 amide bonds. The number of likely N-dealkylation sites (tertiary alicyclic amines) is 1. The van der Waals surface area contributed by atoms with Crippen LogP contribution in [0.1, 0.15) is 30.0 Å². The van der Waals surface area contributed by atoms with E-state index in [4.69, 9.17) is 0 Å². The van der Waals surface area contributed by atoms with Crippen LogP contribution in [0.4, 0.5) is 0 Å². The number of benzene rings is 1. The minimum atomic E-state index is 0.707. The van der Waals surface area contributed by atoms with Crippen molar-refractivity contribution in [2.45, 2.75) is 39.3 Å². The third-order valence-corrected chi connectivity index (χ3v) is 6.91. The highest BCUT2D eigenvalue weighted by molar-refractivity contribution is 7.09. The van der Waals surface area contributed by atoms with Gasteiger partial charge in [-0.15, -0.1) is 11.3 Å². The molecule has 1 saturated heterocycles. The summed E-state index contributed by atoms with van der Waals surface area (Å²) in [6.07, 6.45) is 5.70. The maximum Gasteiger partial charge on any atom is 0.190 e. The molecule has 3 aromatic rings. The zero-order chi connectivity index (χ0) is 21.5. The van der Waals surface area contributed by atoms with Gasteiger partial charge < -0.3 is 15.2 Å². The molecular weight excluding hydrogens is 404 g/mol. The van der Waals surface area contributed by atoms with E-state index in [2.05, 4.69) is 78.9 Å². The maximum absolute atomic E-state index is 4.60. The van der Waals surface area contributed by atoms with Gasteiger partial charge in [-0.2, -0.15) is 0 Å². The Bertz CT molecular complexity index is 983. The first-order valence-electron chi connectivity index (χ1n) is 11.3. The first-order chi connectivity index (χ1) is 15.2. The number of nitrogens with zero attached hydrogens (tertiary/aromatic N) is 4. The second-order valence-corrected chi connectivity index (χ2v) is 9.44. The molecule has 0 aliphatic carbocycles. The zero-order valence-electron chi connectivity index (χ0n) is 18.7. The van der Waals surface area contributed by atoms with E-state index in [0.717, 1.165) is 56.7 Å². The van der Waals surface area contributed by atoms with Crippen LogP contribution in [0.2, 0.25) is 0 Å². The van der Waals surface area contributed by atoms with E-state index in [1.165, 1.54) is 29.4 Å². The number of thiazole rings is 1. The van der Waals surface area contributed by atoms with Crippen LogP contribution in [0.15, 0.2) is 46.9 Å². The van der Waals surface area contributed by atoms with Crippen molar-refractivity contribution in [2.75, 3.05) is 33.2 Å². The van der Waals surface area contributed by atoms with Gasteiger partial charge in [-0.1, -0.05) is 18.2 Å². The fraction of sp³-hybridized carbons (Fsp3) is 0.500. The predicted octanol–water partition coefficient (Wildman–Crippen LogP) is 3.87. The van der Waals surface area contributed by atoms with Crippen molar-refractivity contribution in [2.24, 2.45) is 10.9 Å². The molecule has 1 aliphatic rings. The minimum Gasteiger partial charge on any atom is -0.356 e. The fourth-order valence-corrected chi connectivity index (χ4v) is 4.92. The predicted molar refractivity (Wildman–Crippen MR) is 131 cm³/mol. The Hall–Kier alpha value is -2.38. The highest BCUT2D eigenvalue weighted by Crippen LogP contribution is 2.19. The number of guanidine groups is 1. The number of hydrogen-bond donors (Lipinski definition) is 2. The second-order valence-electron chi connectivity index (χ2n) is 8.38. The number of hydrogen-bond acceptors (Lipinski definition) is 4. The lowest BCUT2D eigenvalue weighted by atomic mass is 9.97. The Morgan fingerprint density at radius 2 is 2.03 bits per heavy atom. The largest absolute Gasteiger partial charge is 0.356 e. The molecule has 0 saturated carbocycles. The highest BCUT2D eigenvalue weighted by atomic mass is 32.1. The van der Waals surface area contributed by atoms with Gasteiger partial charge in [-0.05, 0) is 62.7 Å². The molecular formula is C24H34N6S. The lowest BCUT2D eigenvalue weighted by Gasteiger charge is -2.31. The van der Waals surface area contributed by atoms with Crippen LogP contribution in [0.5, 0.6) is 0 Å². The summed E-state index contributed by atoms with van der Waals surface area (Å²) in [5, 5.41) is 11.7. The molecule has 1 aromatic carbocycles. The van der Waals surface area contributed by atoms with Gasteiger partial charge in [0.15, 0.2) is 5.96 Å². The third kappa shape index (κ3) is 6.08. The summed E-state index contributed by atoms with van der Waals surface area (Å²) in [6.45, 7) is 8.29. The van der Waals surface area contributed by atoms with Crippen molar-refractivity contribution >= 4 is 28.2 Å². The van der Waals surface area contributed by atoms with Gasteiger partial charge in [0.1, 0.15) is 0 Å². The van der Waals surface area contributed by atoms with E-state index in [-0.39, 0.29) is 0 Å². The molecule has 4 rings (SSSR count). The number of aryl methyl sites for hydroxylation is 2. The van der Waals surface area contributed by atoms with Crippen LogP contribution < -0.4 is 10.6 Å². The van der Waals surface area contributed by atoms with Crippen molar-refractivity contribution in [3.63, 3.8) is 0 Å². The summed E-state index contributed by atoms with van der Waals surface area (Å²) in [6, 6.07) is 10.7. The summed E-state index contributed by atoms with van der Waals surface area (Å²) in [7, 11) is 1.85. The van der Waals surface area contributed by atoms with Crippen LogP contribution in [0.25, 0.3) is 10.9 Å². The molecule has 6 nitrogen and oxygen atoms in total. The molecule has 2 aromatic heterocycles. The second kappa shape index (κ2) is 10.8. The molecule has 166 valence electrons. The smallest absolute Gasteiger partial charge is 0.190 e. The van der Waals surface area contributed by atoms with Crippen LogP contribution in [0.3, 0.4) is 0 Å². The first kappa shape index (κ1) is 21.8. The molecule has 0 unspecified atom stereocenters. The summed E-state index contributed by atoms with van der Waals surface area (Å²) in [5.41, 5.74) is 2.53. The monoisotopic (exact) mass is 438 g/mol. The Balaban J connectivity index is 1.12. The normalized spacial score (nSPS) is 16.1. The molecule has 0 spiro atoms. The molecule has 0 radical (unpaired) electrons. The summed E-state index contributed by atoms with van der Waals surface area (Å²) in [5.74, 6) is 1.62. The summed E-state index contributed by atoms with van der Waals surface area (Å²) >= 11 is 1.75. The Kier molecular flexibility index (Phi) is 7.59. The maximum atomic E-state index is 4.60. The Morgan fingerprint density at radius 3 is 2.81 bits per heavy atom. The van der Waals surface area contributed by atoms with E-state index in [1.807, 2.05) is 7.05 Å². The Morgan fingerprint density at radius 1 is 1.19 bits per heavy atom. The first-order valence-corrected chi connectivity index (χ1v) is 12.2. The third-order valence-electron chi connectivity index (χ3n) is 6.09. The molecule has 31 heavy (non-hydrogen) atoms. The number of nitrogens with one attached hydrogen (secondary N) is 2. The molecule has 0 bridgehead atoms. The summed E-state index contributed by atoms with van der Waals surface area (Å²) in [4.78, 5) is 11.5. The van der Waals surface area contributed by atoms with Gasteiger partial charge in [-0.25, -0.2) is 4.98 Å². The lowest BCUT2D eigenvalue weighted by Crippen LogP contribution is -2.43. The van der Waals surface area contributed by atoms with Gasteiger partial charge in [0.25, 0.3) is 0 Å². The zero-order valence-corrected chi connectivity index (χ0v) is 19.5. The number of rotatable bonds is 8. The van der Waals surface area contributed by atoms with Gasteiger partial charge in [0.05, 0.1) is 10.7 Å². The topological polar surface area (TPSA) is 57.5 Å². The van der Waals surface area contributed by atoms with E-state index in [1.54, 1.807) is 11.3 Å². The quantitative estimate of drug-likeness (QED) is 0.318. The number of piperidine rings is 1. The van der Waals surface area contributed by atoms with Crippen LogP contribution >= 0.6 is 11.3 Å². The molecule has 7 heteroatoms. The van der Waals surface area contributed by atoms with Gasteiger partial charge in [0, 0.05) is 50.3 Å². The standard InChI is InChI=1S/C24H34N6S/c1-19-28-22(18-31-19)17-29-13-8-20(9-14-29)16-27-24(25-2)26-11-5-12-30-15-10-21-6-3-4-7-23(21)30/h3-4,6-7,10,15,18,20H,5,8-9,11-14,16-17H2,1-2H3,(H2,25,26,27). The van der Waals surface area contributed by atoms with Crippen LogP contribution in [0, 0.1) is 12.8 Å². The molecule has 1 aliphatic heterocycles. The van der Waals surface area contributed by atoms with Crippen molar-refractivity contribution in [1.29, 1.82) is 0 Å². The van der Waals surface area contributed by atoms with E-state index in [0.29, 0.717) is 5.92 Å². The van der Waals surface area contributed by atoms with Gasteiger partial charge in [0.2, 0.25) is 0 Å². The van der Waals surface area contributed by atoms with Crippen molar-refractivity contribution < 1.29 is 0 Å². The van der Waals surface area contributed by atoms with Gasteiger partial charge in [-0.3, -0.25) is 9.89 Å². The Labute approximate surface area is 189 Å². The van der Waals surface area contributed by atoms with Crippen LogP contribution in [-0.2, 0) is 13.1 Å². The SMILES string of the molecule is CN=C(NCCCn1ccc2ccccc21)NCC1CCN(Cc2csc(C)n2)CC1. The van der Waals surface area contributed by atoms with Crippen molar-refractivity contribution in [1.82, 2.24) is 25.1 Å². The van der Waals surface area contributed by atoms with E-state index in [9.17, 15) is 0 Å². The van der Waals surface area contributed by atoms with Crippen molar-refractivity contribution in [3.8, 4) is 0 Å². The fourth-order valence-electron chi connectivity index (χ4n) is 4.31. The number of fused-ring (bicyclic) bond motifs is 1. The van der Waals surface area contributed by atoms with Gasteiger partial charge >= 0.3 is 0 Å². The van der Waals surface area contributed by atoms with Crippen LogP contribution in [-0.4, -0.2) is 53.6 Å². The van der Waals surface area contributed by atoms with E-state index >= 15 is 0 Å². The number of aromatic nitrogens is 2. The van der Waals surface area contributed by atoms with Crippen molar-refractivity contribution in [3.05, 3.63) is 52.6 Å². The highest BCUT2D eigenvalue weighted by Gasteiger charge is 2.20. The number of para-hydroxylation sites is 1. The average molecular weight is 439 g/mol. The molecule has 2 N–H and O–H groups in total. The minimum absolute atomic E-state index is 0.707. The van der Waals surface area contributed by atoms with E-state index < -0.39 is 0 Å².